The minimum Gasteiger partial charge on any atom is -0.485 e. The molecular formula is C20H18ClF2NO2. The van der Waals surface area contributed by atoms with Crippen molar-refractivity contribution in [3.05, 3.63) is 64.4 Å². The Morgan fingerprint density at radius 2 is 1.92 bits per heavy atom. The molecule has 0 amide bonds. The molecule has 1 aliphatic heterocycles. The molecule has 4 rings (SSSR count). The van der Waals surface area contributed by atoms with Crippen LogP contribution in [0.15, 0.2) is 40.8 Å². The fourth-order valence-electron chi connectivity index (χ4n) is 3.51. The van der Waals surface area contributed by atoms with E-state index >= 15 is 0 Å². The molecule has 0 radical (unpaired) electrons. The molecule has 0 aliphatic carbocycles. The van der Waals surface area contributed by atoms with E-state index in [9.17, 15) is 8.78 Å². The molecule has 1 aliphatic rings. The summed E-state index contributed by atoms with van der Waals surface area (Å²) in [5.74, 6) is -0.291. The number of para-hydroxylation sites is 1. The van der Waals surface area contributed by atoms with E-state index in [1.807, 2.05) is 6.07 Å². The fraction of sp³-hybridized carbons (Fsp3) is 0.300. The molecule has 0 atom stereocenters. The summed E-state index contributed by atoms with van der Waals surface area (Å²) in [6, 6.07) is 9.36. The van der Waals surface area contributed by atoms with E-state index in [4.69, 9.17) is 20.8 Å². The smallest absolute Gasteiger partial charge is 0.194 e. The van der Waals surface area contributed by atoms with Crippen LogP contribution >= 0.6 is 11.6 Å². The molecule has 2 heterocycles. The van der Waals surface area contributed by atoms with E-state index in [0.29, 0.717) is 16.5 Å². The minimum absolute atomic E-state index is 0.0690. The molecule has 26 heavy (non-hydrogen) atoms. The molecule has 1 fully saturated rings. The Labute approximate surface area is 154 Å². The molecule has 1 aromatic heterocycles. The first-order chi connectivity index (χ1) is 12.6. The van der Waals surface area contributed by atoms with Crippen LogP contribution in [0.3, 0.4) is 0 Å². The summed E-state index contributed by atoms with van der Waals surface area (Å²) >= 11 is 5.86. The van der Waals surface area contributed by atoms with E-state index in [-0.39, 0.29) is 23.5 Å². The zero-order valence-corrected chi connectivity index (χ0v) is 14.8. The highest BCUT2D eigenvalue weighted by molar-refractivity contribution is 6.29. The number of hydrogen-bond acceptors (Lipinski definition) is 3. The van der Waals surface area contributed by atoms with E-state index in [2.05, 4.69) is 5.32 Å². The van der Waals surface area contributed by atoms with Crippen LogP contribution in [0.5, 0.6) is 5.75 Å². The van der Waals surface area contributed by atoms with Crippen molar-refractivity contribution in [1.82, 2.24) is 5.32 Å². The minimum atomic E-state index is -0.416. The first-order valence-corrected chi connectivity index (χ1v) is 8.99. The van der Waals surface area contributed by atoms with E-state index < -0.39 is 11.6 Å². The summed E-state index contributed by atoms with van der Waals surface area (Å²) in [5, 5.41) is 3.71. The SMILES string of the molecule is Fc1cccc(C2CCNCC2)c1OCc1ccc(F)c2cc(Cl)oc12. The summed E-state index contributed by atoms with van der Waals surface area (Å²) in [6.07, 6.45) is 1.88. The number of benzene rings is 2. The lowest BCUT2D eigenvalue weighted by Crippen LogP contribution is -2.27. The lowest BCUT2D eigenvalue weighted by Gasteiger charge is -2.25. The van der Waals surface area contributed by atoms with Crippen LogP contribution < -0.4 is 10.1 Å². The Hall–Kier alpha value is -2.11. The Bertz CT molecular complexity index is 935. The van der Waals surface area contributed by atoms with Crippen molar-refractivity contribution in [2.75, 3.05) is 13.1 Å². The summed E-state index contributed by atoms with van der Waals surface area (Å²) in [6.45, 7) is 1.88. The van der Waals surface area contributed by atoms with Gasteiger partial charge in [-0.3, -0.25) is 0 Å². The first-order valence-electron chi connectivity index (χ1n) is 8.62. The van der Waals surface area contributed by atoms with E-state index in [1.54, 1.807) is 12.1 Å². The predicted molar refractivity (Wildman–Crippen MR) is 96.8 cm³/mol. The molecule has 0 spiro atoms. The van der Waals surface area contributed by atoms with Gasteiger partial charge in [-0.05, 0) is 61.6 Å². The average molecular weight is 378 g/mol. The van der Waals surface area contributed by atoms with Gasteiger partial charge in [0.25, 0.3) is 0 Å². The molecule has 0 saturated carbocycles. The second-order valence-corrected chi connectivity index (χ2v) is 6.84. The Morgan fingerprint density at radius 1 is 1.12 bits per heavy atom. The molecule has 0 bridgehead atoms. The van der Waals surface area contributed by atoms with Crippen LogP contribution in [0.4, 0.5) is 8.78 Å². The number of halogens is 3. The molecule has 1 saturated heterocycles. The third-order valence-electron chi connectivity index (χ3n) is 4.83. The van der Waals surface area contributed by atoms with Crippen molar-refractivity contribution in [3.8, 4) is 5.75 Å². The van der Waals surface area contributed by atoms with Gasteiger partial charge in [0.05, 0.1) is 5.39 Å². The summed E-state index contributed by atoms with van der Waals surface area (Å²) in [4.78, 5) is 0. The first kappa shape index (κ1) is 17.3. The van der Waals surface area contributed by atoms with Gasteiger partial charge in [-0.2, -0.15) is 0 Å². The average Bonchev–Trinajstić information content (AvgIpc) is 3.05. The van der Waals surface area contributed by atoms with Crippen molar-refractivity contribution in [3.63, 3.8) is 0 Å². The van der Waals surface area contributed by atoms with Crippen LogP contribution in [0, 0.1) is 11.6 Å². The van der Waals surface area contributed by atoms with Gasteiger partial charge in [-0.25, -0.2) is 8.78 Å². The second kappa shape index (κ2) is 7.25. The van der Waals surface area contributed by atoms with Crippen molar-refractivity contribution < 1.29 is 17.9 Å². The van der Waals surface area contributed by atoms with Gasteiger partial charge in [-0.1, -0.05) is 12.1 Å². The number of hydrogen-bond donors (Lipinski definition) is 1. The lowest BCUT2D eigenvalue weighted by atomic mass is 9.89. The molecule has 1 N–H and O–H groups in total. The molecule has 3 aromatic rings. The Morgan fingerprint density at radius 3 is 2.73 bits per heavy atom. The van der Waals surface area contributed by atoms with Gasteiger partial charge < -0.3 is 14.5 Å². The van der Waals surface area contributed by atoms with Gasteiger partial charge in [0.15, 0.2) is 16.8 Å². The molecule has 0 unspecified atom stereocenters. The summed E-state index contributed by atoms with van der Waals surface area (Å²) < 4.78 is 39.6. The van der Waals surface area contributed by atoms with Crippen LogP contribution in [-0.4, -0.2) is 13.1 Å². The highest BCUT2D eigenvalue weighted by atomic mass is 35.5. The standard InChI is InChI=1S/C20H18ClF2NO2/c21-18-10-15-16(22)5-4-13(19(15)26-18)11-25-20-14(2-1-3-17(20)23)12-6-8-24-9-7-12/h1-5,10,12,24H,6-9,11H2. The molecule has 6 heteroatoms. The number of nitrogens with one attached hydrogen (secondary N) is 1. The van der Waals surface area contributed by atoms with Gasteiger partial charge in [-0.15, -0.1) is 0 Å². The number of ether oxygens (including phenoxy) is 1. The van der Waals surface area contributed by atoms with Crippen molar-refractivity contribution in [1.29, 1.82) is 0 Å². The van der Waals surface area contributed by atoms with E-state index in [1.165, 1.54) is 18.2 Å². The topological polar surface area (TPSA) is 34.4 Å². The van der Waals surface area contributed by atoms with Crippen molar-refractivity contribution in [2.45, 2.75) is 25.4 Å². The van der Waals surface area contributed by atoms with Gasteiger partial charge in [0.1, 0.15) is 18.0 Å². The maximum absolute atomic E-state index is 14.4. The zero-order chi connectivity index (χ0) is 18.1. The van der Waals surface area contributed by atoms with Crippen LogP contribution in [-0.2, 0) is 6.61 Å². The molecule has 2 aromatic carbocycles. The highest BCUT2D eigenvalue weighted by Crippen LogP contribution is 2.36. The van der Waals surface area contributed by atoms with E-state index in [0.717, 1.165) is 31.5 Å². The van der Waals surface area contributed by atoms with Crippen molar-refractivity contribution in [2.24, 2.45) is 0 Å². The molecule has 3 nitrogen and oxygen atoms in total. The Kier molecular flexibility index (Phi) is 4.83. The third kappa shape index (κ3) is 3.29. The second-order valence-electron chi connectivity index (χ2n) is 6.47. The summed E-state index contributed by atoms with van der Waals surface area (Å²) in [5.41, 5.74) is 1.82. The fourth-order valence-corrected chi connectivity index (χ4v) is 3.70. The number of rotatable bonds is 4. The highest BCUT2D eigenvalue weighted by Gasteiger charge is 2.22. The van der Waals surface area contributed by atoms with Crippen LogP contribution in [0.2, 0.25) is 5.22 Å². The quantitative estimate of drug-likeness (QED) is 0.660. The zero-order valence-electron chi connectivity index (χ0n) is 14.0. The largest absolute Gasteiger partial charge is 0.485 e. The number of piperidine rings is 1. The maximum Gasteiger partial charge on any atom is 0.194 e. The maximum atomic E-state index is 14.4. The molecular weight excluding hydrogens is 360 g/mol. The predicted octanol–water partition coefficient (Wildman–Crippen LogP) is 5.41. The normalized spacial score (nSPS) is 15.5. The van der Waals surface area contributed by atoms with Crippen LogP contribution in [0.25, 0.3) is 11.0 Å². The number of fused-ring (bicyclic) bond motifs is 1. The molecule has 136 valence electrons. The monoisotopic (exact) mass is 377 g/mol. The summed E-state index contributed by atoms with van der Waals surface area (Å²) in [7, 11) is 0. The van der Waals surface area contributed by atoms with Crippen LogP contribution in [0.1, 0.15) is 29.9 Å². The Balaban J connectivity index is 1.63. The van der Waals surface area contributed by atoms with Gasteiger partial charge >= 0.3 is 0 Å². The van der Waals surface area contributed by atoms with Gasteiger partial charge in [0.2, 0.25) is 0 Å². The number of furan rings is 1. The van der Waals surface area contributed by atoms with Gasteiger partial charge in [0, 0.05) is 17.2 Å². The van der Waals surface area contributed by atoms with Crippen molar-refractivity contribution >= 4 is 22.6 Å². The lowest BCUT2D eigenvalue weighted by molar-refractivity contribution is 0.282. The third-order valence-corrected chi connectivity index (χ3v) is 5.02.